The lowest BCUT2D eigenvalue weighted by molar-refractivity contribution is -0.116. The van der Waals surface area contributed by atoms with Crippen LogP contribution >= 0.6 is 23.2 Å². The number of methoxy groups -OCH3 is 2. The largest absolute Gasteiger partial charge is 0.495 e. The molecule has 1 saturated heterocycles. The van der Waals surface area contributed by atoms with Crippen LogP contribution in [0.25, 0.3) is 22.2 Å². The third-order valence-corrected chi connectivity index (χ3v) is 8.15. The third kappa shape index (κ3) is 7.62. The van der Waals surface area contributed by atoms with Gasteiger partial charge in [0.15, 0.2) is 11.6 Å². The van der Waals surface area contributed by atoms with Crippen LogP contribution in [-0.4, -0.2) is 60.8 Å². The number of nitrogens with one attached hydrogen (secondary N) is 2. The first kappa shape index (κ1) is 31.8. The molecule has 1 aliphatic rings. The second kappa shape index (κ2) is 14.8. The van der Waals surface area contributed by atoms with Gasteiger partial charge in [0.05, 0.1) is 42.6 Å². The number of pyridine rings is 1. The molecule has 9 nitrogen and oxygen atoms in total. The first-order valence-electron chi connectivity index (χ1n) is 14.3. The molecule has 0 saturated carbocycles. The highest BCUT2D eigenvalue weighted by Gasteiger charge is 2.28. The van der Waals surface area contributed by atoms with Crippen LogP contribution in [-0.2, 0) is 9.53 Å². The molecule has 0 bridgehead atoms. The normalized spacial score (nSPS) is 16.8. The molecule has 0 aliphatic carbocycles. The number of fused-ring (bicyclic) bond motifs is 1. The number of anilines is 2. The average Bonchev–Trinajstić information content (AvgIpc) is 2.98. The average molecular weight is 617 g/mol. The molecule has 2 N–H and O–H groups in total. The van der Waals surface area contributed by atoms with Crippen molar-refractivity contribution < 1.29 is 19.0 Å². The Bertz CT molecular complexity index is 1390. The summed E-state index contributed by atoms with van der Waals surface area (Å²) in [6.45, 7) is 9.86. The van der Waals surface area contributed by atoms with Crippen molar-refractivity contribution in [2.24, 2.45) is 11.8 Å². The lowest BCUT2D eigenvalue weighted by Crippen LogP contribution is -2.40. The van der Waals surface area contributed by atoms with Gasteiger partial charge in [-0.05, 0) is 36.8 Å². The maximum absolute atomic E-state index is 12.1. The van der Waals surface area contributed by atoms with Gasteiger partial charge in [0.2, 0.25) is 5.95 Å². The van der Waals surface area contributed by atoms with E-state index >= 15 is 0 Å². The monoisotopic (exact) mass is 615 g/mol. The van der Waals surface area contributed by atoms with E-state index in [1.807, 2.05) is 6.07 Å². The van der Waals surface area contributed by atoms with Gasteiger partial charge in [-0.15, -0.1) is 0 Å². The summed E-state index contributed by atoms with van der Waals surface area (Å²) in [7, 11) is 3.07. The van der Waals surface area contributed by atoms with E-state index in [1.54, 1.807) is 12.3 Å². The molecule has 0 amide bonds. The standard InChI is InChI=1S/C31H39Cl2N5O4/c1-6-21(39)13-19-10-12-42-17-23(19)37-31-35-16-20-14-22(26-27(32)24(40-4)15-25(41-5)28(26)33)36-30(29(20)38-31)34-11-8-7-9-18(2)3/h6,14-16,18-19,23H,1,7-13,17H2,2-5H3,(H,34,36)(H,35,37,38)/t19-,23-/m1/s1. The molecule has 3 heterocycles. The Hall–Kier alpha value is -3.14. The number of unbranched alkanes of at least 4 members (excludes halogenated alkanes) is 1. The predicted molar refractivity (Wildman–Crippen MR) is 169 cm³/mol. The van der Waals surface area contributed by atoms with Crippen LogP contribution in [0.1, 0.15) is 46.0 Å². The zero-order valence-corrected chi connectivity index (χ0v) is 26.1. The number of halogens is 2. The van der Waals surface area contributed by atoms with Gasteiger partial charge in [-0.25, -0.2) is 15.0 Å². The minimum Gasteiger partial charge on any atom is -0.495 e. The Morgan fingerprint density at radius 2 is 1.90 bits per heavy atom. The number of hydrogen-bond acceptors (Lipinski definition) is 9. The number of benzene rings is 1. The Labute approximate surface area is 257 Å². The van der Waals surface area contributed by atoms with Crippen LogP contribution in [0.4, 0.5) is 11.8 Å². The van der Waals surface area contributed by atoms with Gasteiger partial charge in [-0.1, -0.05) is 56.5 Å². The van der Waals surface area contributed by atoms with Crippen LogP contribution in [0.3, 0.4) is 0 Å². The van der Waals surface area contributed by atoms with E-state index in [0.29, 0.717) is 75.6 Å². The third-order valence-electron chi connectivity index (χ3n) is 7.40. The Balaban J connectivity index is 1.72. The molecular formula is C31H39Cl2N5O4. The van der Waals surface area contributed by atoms with E-state index in [0.717, 1.165) is 37.6 Å². The highest BCUT2D eigenvalue weighted by Crippen LogP contribution is 2.46. The van der Waals surface area contributed by atoms with E-state index in [4.69, 9.17) is 47.4 Å². The van der Waals surface area contributed by atoms with Gasteiger partial charge < -0.3 is 24.8 Å². The lowest BCUT2D eigenvalue weighted by atomic mass is 9.90. The summed E-state index contributed by atoms with van der Waals surface area (Å²) in [5.41, 5.74) is 1.68. The molecule has 0 unspecified atom stereocenters. The van der Waals surface area contributed by atoms with Gasteiger partial charge in [0, 0.05) is 42.8 Å². The first-order chi connectivity index (χ1) is 20.2. The molecule has 2 aromatic heterocycles. The van der Waals surface area contributed by atoms with Crippen LogP contribution in [0.2, 0.25) is 10.0 Å². The number of ether oxygens (including phenoxy) is 3. The minimum atomic E-state index is -0.110. The van der Waals surface area contributed by atoms with Crippen LogP contribution < -0.4 is 20.1 Å². The fourth-order valence-corrected chi connectivity index (χ4v) is 5.74. The Morgan fingerprint density at radius 1 is 1.17 bits per heavy atom. The zero-order chi connectivity index (χ0) is 30.2. The molecule has 2 atom stereocenters. The molecule has 1 aliphatic heterocycles. The van der Waals surface area contributed by atoms with Crippen molar-refractivity contribution in [3.8, 4) is 22.8 Å². The summed E-state index contributed by atoms with van der Waals surface area (Å²) in [6.07, 6.45) is 7.52. The summed E-state index contributed by atoms with van der Waals surface area (Å²) in [4.78, 5) is 26.5. The van der Waals surface area contributed by atoms with Gasteiger partial charge in [0.25, 0.3) is 0 Å². The Morgan fingerprint density at radius 3 is 2.57 bits per heavy atom. The number of rotatable bonds is 14. The highest BCUT2D eigenvalue weighted by molar-refractivity contribution is 6.41. The summed E-state index contributed by atoms with van der Waals surface area (Å²) in [5.74, 6) is 2.63. The number of nitrogens with zero attached hydrogens (tertiary/aromatic N) is 3. The summed E-state index contributed by atoms with van der Waals surface area (Å²) >= 11 is 13.5. The fourth-order valence-electron chi connectivity index (χ4n) is 5.05. The number of allylic oxidation sites excluding steroid dienone is 1. The SMILES string of the molecule is C=CC(=O)C[C@H]1CCOC[C@H]1Nc1ncc2cc(-c3c(Cl)c(OC)cc(OC)c3Cl)nc(NCCCCC(C)C)c2n1. The molecule has 0 spiro atoms. The molecule has 11 heteroatoms. The minimum absolute atomic E-state index is 0.0142. The highest BCUT2D eigenvalue weighted by atomic mass is 35.5. The lowest BCUT2D eigenvalue weighted by Gasteiger charge is -2.31. The molecule has 1 fully saturated rings. The maximum Gasteiger partial charge on any atom is 0.223 e. The molecule has 42 heavy (non-hydrogen) atoms. The van der Waals surface area contributed by atoms with Crippen molar-refractivity contribution in [1.29, 1.82) is 0 Å². The van der Waals surface area contributed by atoms with Crippen molar-refractivity contribution in [2.45, 2.75) is 52.0 Å². The zero-order valence-electron chi connectivity index (χ0n) is 24.6. The van der Waals surface area contributed by atoms with E-state index < -0.39 is 0 Å². The predicted octanol–water partition coefficient (Wildman–Crippen LogP) is 7.22. The van der Waals surface area contributed by atoms with Crippen molar-refractivity contribution in [3.05, 3.63) is 41.0 Å². The molecule has 3 aromatic rings. The van der Waals surface area contributed by atoms with E-state index in [2.05, 4.69) is 36.0 Å². The first-order valence-corrected chi connectivity index (χ1v) is 15.0. The van der Waals surface area contributed by atoms with Gasteiger partial charge in [0.1, 0.15) is 17.0 Å². The van der Waals surface area contributed by atoms with Crippen molar-refractivity contribution in [2.75, 3.05) is 44.6 Å². The number of hydrogen-bond donors (Lipinski definition) is 2. The topological polar surface area (TPSA) is 107 Å². The quantitative estimate of drug-likeness (QED) is 0.143. The van der Waals surface area contributed by atoms with Gasteiger partial charge >= 0.3 is 0 Å². The van der Waals surface area contributed by atoms with Crippen LogP contribution in [0, 0.1) is 11.8 Å². The van der Waals surface area contributed by atoms with Crippen molar-refractivity contribution in [1.82, 2.24) is 15.0 Å². The number of ketones is 1. The molecule has 0 radical (unpaired) electrons. The molecule has 4 rings (SSSR count). The second-order valence-corrected chi connectivity index (χ2v) is 11.6. The van der Waals surface area contributed by atoms with Crippen molar-refractivity contribution in [3.63, 3.8) is 0 Å². The molecule has 226 valence electrons. The van der Waals surface area contributed by atoms with E-state index in [9.17, 15) is 4.79 Å². The van der Waals surface area contributed by atoms with Gasteiger partial charge in [-0.3, -0.25) is 4.79 Å². The smallest absolute Gasteiger partial charge is 0.223 e. The number of carbonyl (C=O) groups is 1. The summed E-state index contributed by atoms with van der Waals surface area (Å²) in [5, 5.41) is 8.29. The Kier molecular flexibility index (Phi) is 11.2. The number of carbonyl (C=O) groups excluding carboxylic acids is 1. The van der Waals surface area contributed by atoms with Crippen LogP contribution in [0.15, 0.2) is 31.0 Å². The van der Waals surface area contributed by atoms with E-state index in [-0.39, 0.29) is 17.7 Å². The number of aromatic nitrogens is 3. The summed E-state index contributed by atoms with van der Waals surface area (Å²) in [6, 6.07) is 3.39. The molecular weight excluding hydrogens is 577 g/mol. The van der Waals surface area contributed by atoms with Crippen LogP contribution in [0.5, 0.6) is 11.5 Å². The van der Waals surface area contributed by atoms with Gasteiger partial charge in [-0.2, -0.15) is 0 Å². The second-order valence-electron chi connectivity index (χ2n) is 10.8. The summed E-state index contributed by atoms with van der Waals surface area (Å²) < 4.78 is 16.7. The van der Waals surface area contributed by atoms with E-state index in [1.165, 1.54) is 20.3 Å². The fraction of sp³-hybridized carbons (Fsp3) is 0.484. The molecule has 1 aromatic carbocycles. The van der Waals surface area contributed by atoms with Crippen molar-refractivity contribution >= 4 is 51.7 Å². The maximum atomic E-state index is 12.1.